The number of halogens is 1. The van der Waals surface area contributed by atoms with Crippen LogP contribution in [0.5, 0.6) is 0 Å². The van der Waals surface area contributed by atoms with Crippen LogP contribution in [0.2, 0.25) is 0 Å². The number of para-hydroxylation sites is 2. The molecule has 41 heavy (non-hydrogen) atoms. The van der Waals surface area contributed by atoms with Gasteiger partial charge in [-0.15, -0.1) is 0 Å². The number of piperidine rings is 1. The third kappa shape index (κ3) is 8.96. The van der Waals surface area contributed by atoms with Crippen LogP contribution in [0.3, 0.4) is 0 Å². The zero-order chi connectivity index (χ0) is 29.2. The highest BCUT2D eigenvalue weighted by atomic mass is 19.1. The molecule has 0 spiro atoms. The van der Waals surface area contributed by atoms with Crippen molar-refractivity contribution in [2.75, 3.05) is 33.2 Å². The second-order valence-electron chi connectivity index (χ2n) is 10.6. The molecule has 8 nitrogen and oxygen atoms in total. The summed E-state index contributed by atoms with van der Waals surface area (Å²) >= 11 is 0. The van der Waals surface area contributed by atoms with E-state index in [1.165, 1.54) is 18.4 Å². The molecule has 1 aromatic heterocycles. The summed E-state index contributed by atoms with van der Waals surface area (Å²) in [5.41, 5.74) is 4.68. The summed E-state index contributed by atoms with van der Waals surface area (Å²) in [5.74, 6) is -2.04. The first-order chi connectivity index (χ1) is 19.8. The Hall–Kier alpha value is -4.08. The largest absolute Gasteiger partial charge is 0.473 e. The first-order valence-corrected chi connectivity index (χ1v) is 13.9. The molecule has 5 rings (SSSR count). The zero-order valence-corrected chi connectivity index (χ0v) is 23.3. The normalized spacial score (nSPS) is 14.1. The Morgan fingerprint density at radius 3 is 2.20 bits per heavy atom. The Balaban J connectivity index is 0.000000585. The molecule has 4 aromatic rings. The minimum Gasteiger partial charge on any atom is -0.473 e. The van der Waals surface area contributed by atoms with Gasteiger partial charge in [0.2, 0.25) is 0 Å². The summed E-state index contributed by atoms with van der Waals surface area (Å²) in [7, 11) is 2.21. The van der Waals surface area contributed by atoms with Crippen LogP contribution >= 0.6 is 0 Å². The average Bonchev–Trinajstić information content (AvgIpc) is 3.31. The van der Waals surface area contributed by atoms with Gasteiger partial charge in [0.25, 0.3) is 0 Å². The van der Waals surface area contributed by atoms with Crippen molar-refractivity contribution in [1.29, 1.82) is 0 Å². The van der Waals surface area contributed by atoms with E-state index in [1.54, 1.807) is 12.1 Å². The van der Waals surface area contributed by atoms with Crippen molar-refractivity contribution in [1.82, 2.24) is 19.4 Å². The summed E-state index contributed by atoms with van der Waals surface area (Å²) in [6.45, 7) is 6.25. The Labute approximate surface area is 239 Å². The van der Waals surface area contributed by atoms with Crippen LogP contribution in [0.4, 0.5) is 4.39 Å². The van der Waals surface area contributed by atoms with Crippen LogP contribution in [-0.4, -0.2) is 74.7 Å². The predicted octanol–water partition coefficient (Wildman–Crippen LogP) is 4.77. The highest BCUT2D eigenvalue weighted by molar-refractivity contribution is 6.27. The van der Waals surface area contributed by atoms with Crippen molar-refractivity contribution in [2.45, 2.75) is 32.4 Å². The van der Waals surface area contributed by atoms with Gasteiger partial charge in [0.15, 0.2) is 0 Å². The quantitative estimate of drug-likeness (QED) is 0.285. The zero-order valence-electron chi connectivity index (χ0n) is 23.3. The molecule has 9 heteroatoms. The van der Waals surface area contributed by atoms with Gasteiger partial charge in [0.1, 0.15) is 11.6 Å². The molecule has 1 saturated heterocycles. The lowest BCUT2D eigenvalue weighted by atomic mass is 9.93. The highest BCUT2D eigenvalue weighted by Crippen LogP contribution is 2.25. The number of carbonyl (C=O) groups is 2. The third-order valence-corrected chi connectivity index (χ3v) is 7.44. The number of likely N-dealkylation sites (tertiary alicyclic amines) is 1. The molecule has 1 aliphatic heterocycles. The number of hydrogen-bond donors (Lipinski definition) is 2. The number of rotatable bonds is 9. The number of hydrogen-bond acceptors (Lipinski definition) is 5. The molecular formula is C32H37FN4O4. The van der Waals surface area contributed by atoms with Crippen molar-refractivity contribution < 1.29 is 24.2 Å². The van der Waals surface area contributed by atoms with Crippen LogP contribution in [0.1, 0.15) is 29.8 Å². The Bertz CT molecular complexity index is 1400. The van der Waals surface area contributed by atoms with Crippen molar-refractivity contribution in [3.05, 3.63) is 102 Å². The second kappa shape index (κ2) is 14.5. The molecule has 0 bridgehead atoms. The van der Waals surface area contributed by atoms with Crippen LogP contribution in [0, 0.1) is 11.7 Å². The molecule has 0 atom stereocenters. The van der Waals surface area contributed by atoms with Gasteiger partial charge < -0.3 is 24.6 Å². The summed E-state index contributed by atoms with van der Waals surface area (Å²) < 4.78 is 15.7. The van der Waals surface area contributed by atoms with Gasteiger partial charge in [-0.2, -0.15) is 0 Å². The molecule has 3 aromatic carbocycles. The summed E-state index contributed by atoms with van der Waals surface area (Å²) in [4.78, 5) is 28.2. The molecule has 216 valence electrons. The minimum atomic E-state index is -1.82. The lowest BCUT2D eigenvalue weighted by Gasteiger charge is -2.33. The summed E-state index contributed by atoms with van der Waals surface area (Å²) in [6, 6.07) is 25.9. The number of benzene rings is 3. The number of nitrogens with zero attached hydrogens (tertiary/aromatic N) is 4. The predicted molar refractivity (Wildman–Crippen MR) is 156 cm³/mol. The van der Waals surface area contributed by atoms with Gasteiger partial charge in [0, 0.05) is 32.6 Å². The molecule has 0 saturated carbocycles. The molecule has 2 heterocycles. The highest BCUT2D eigenvalue weighted by Gasteiger charge is 2.22. The maximum absolute atomic E-state index is 13.4. The fraction of sp³-hybridized carbons (Fsp3) is 0.344. The standard InChI is InChI=1S/C30H35FN4.C2H2O4/c1-33(22-25-7-3-2-4-8-25)19-20-34-17-15-24(16-18-34)21-30-32-28-9-5-6-10-29(28)35(30)23-26-11-13-27(31)14-12-26;3-1(4)2(5)6/h2-14,24H,15-23H2,1H3;(H,3,4)(H,5,6). The van der Waals surface area contributed by atoms with Gasteiger partial charge in [-0.05, 0) is 74.3 Å². The minimum absolute atomic E-state index is 0.192. The first kappa shape index (κ1) is 29.9. The van der Waals surface area contributed by atoms with Crippen molar-refractivity contribution in [3.63, 3.8) is 0 Å². The number of aromatic nitrogens is 2. The topological polar surface area (TPSA) is 98.9 Å². The number of fused-ring (bicyclic) bond motifs is 1. The molecule has 0 radical (unpaired) electrons. The van der Waals surface area contributed by atoms with E-state index in [0.29, 0.717) is 5.92 Å². The van der Waals surface area contributed by atoms with Crippen LogP contribution in [0.15, 0.2) is 78.9 Å². The Kier molecular flexibility index (Phi) is 10.6. The fourth-order valence-electron chi connectivity index (χ4n) is 5.19. The lowest BCUT2D eigenvalue weighted by Crippen LogP contribution is -2.39. The van der Waals surface area contributed by atoms with Crippen LogP contribution in [0.25, 0.3) is 11.0 Å². The Morgan fingerprint density at radius 1 is 0.902 bits per heavy atom. The van der Waals surface area contributed by atoms with E-state index >= 15 is 0 Å². The number of carboxylic acids is 2. The van der Waals surface area contributed by atoms with E-state index in [0.717, 1.165) is 68.1 Å². The van der Waals surface area contributed by atoms with Crippen molar-refractivity contribution >= 4 is 23.0 Å². The fourth-order valence-corrected chi connectivity index (χ4v) is 5.19. The summed E-state index contributed by atoms with van der Waals surface area (Å²) in [6.07, 6.45) is 3.42. The van der Waals surface area contributed by atoms with E-state index in [-0.39, 0.29) is 5.82 Å². The van der Waals surface area contributed by atoms with E-state index < -0.39 is 11.9 Å². The molecule has 0 amide bonds. The van der Waals surface area contributed by atoms with Crippen molar-refractivity contribution in [2.24, 2.45) is 5.92 Å². The smallest absolute Gasteiger partial charge is 0.414 e. The van der Waals surface area contributed by atoms with E-state index in [4.69, 9.17) is 24.8 Å². The van der Waals surface area contributed by atoms with E-state index in [1.807, 2.05) is 12.1 Å². The van der Waals surface area contributed by atoms with Crippen LogP contribution in [-0.2, 0) is 29.1 Å². The molecule has 0 unspecified atom stereocenters. The first-order valence-electron chi connectivity index (χ1n) is 13.9. The van der Waals surface area contributed by atoms with Gasteiger partial charge in [-0.3, -0.25) is 0 Å². The van der Waals surface area contributed by atoms with Gasteiger partial charge in [0.05, 0.1) is 11.0 Å². The van der Waals surface area contributed by atoms with Gasteiger partial charge in [-0.25, -0.2) is 19.0 Å². The van der Waals surface area contributed by atoms with Gasteiger partial charge >= 0.3 is 11.9 Å². The number of carboxylic acid groups (broad SMARTS) is 2. The monoisotopic (exact) mass is 560 g/mol. The Morgan fingerprint density at radius 2 is 1.54 bits per heavy atom. The van der Waals surface area contributed by atoms with Crippen LogP contribution < -0.4 is 0 Å². The van der Waals surface area contributed by atoms with E-state index in [9.17, 15) is 4.39 Å². The van der Waals surface area contributed by atoms with Crippen molar-refractivity contribution in [3.8, 4) is 0 Å². The number of likely N-dealkylation sites (N-methyl/N-ethyl adjacent to an activating group) is 1. The number of aliphatic carboxylic acids is 2. The maximum Gasteiger partial charge on any atom is 0.414 e. The summed E-state index contributed by atoms with van der Waals surface area (Å²) in [5, 5.41) is 14.8. The molecule has 1 fully saturated rings. The lowest BCUT2D eigenvalue weighted by molar-refractivity contribution is -0.159. The third-order valence-electron chi connectivity index (χ3n) is 7.44. The second-order valence-corrected chi connectivity index (χ2v) is 10.6. The molecule has 2 N–H and O–H groups in total. The molecular weight excluding hydrogens is 523 g/mol. The van der Waals surface area contributed by atoms with E-state index in [2.05, 4.69) is 76.0 Å². The molecule has 0 aliphatic carbocycles. The number of imidazole rings is 1. The molecule has 1 aliphatic rings. The SMILES string of the molecule is CN(CCN1CCC(Cc2nc3ccccc3n2Cc2ccc(F)cc2)CC1)Cc1ccccc1.O=C(O)C(=O)O. The van der Waals surface area contributed by atoms with Gasteiger partial charge in [-0.1, -0.05) is 54.6 Å². The average molecular weight is 561 g/mol. The maximum atomic E-state index is 13.4.